The summed E-state index contributed by atoms with van der Waals surface area (Å²) >= 11 is 0. The van der Waals surface area contributed by atoms with Crippen LogP contribution in [-0.2, 0) is 0 Å². The zero-order valence-electron chi connectivity index (χ0n) is 17.3. The van der Waals surface area contributed by atoms with E-state index in [4.69, 9.17) is 9.47 Å². The maximum absolute atomic E-state index is 5.23. The first-order valence-electron chi connectivity index (χ1n) is 10.1. The molecule has 1 saturated heterocycles. The molecule has 2 heterocycles. The van der Waals surface area contributed by atoms with Gasteiger partial charge in [-0.2, -0.15) is 15.0 Å². The van der Waals surface area contributed by atoms with Crippen LogP contribution >= 0.6 is 0 Å². The summed E-state index contributed by atoms with van der Waals surface area (Å²) in [7, 11) is 3.30. The highest BCUT2D eigenvalue weighted by molar-refractivity contribution is 5.60. The number of nitrogens with zero attached hydrogens (tertiary/aromatic N) is 4. The number of piperidine rings is 1. The van der Waals surface area contributed by atoms with Crippen LogP contribution in [0.15, 0.2) is 48.5 Å². The second kappa shape index (κ2) is 9.30. The molecule has 0 saturated carbocycles. The van der Waals surface area contributed by atoms with E-state index >= 15 is 0 Å². The van der Waals surface area contributed by atoms with Crippen LogP contribution in [0.4, 0.5) is 29.2 Å². The third-order valence-electron chi connectivity index (χ3n) is 4.95. The Morgan fingerprint density at radius 2 is 1.13 bits per heavy atom. The number of rotatable bonds is 7. The van der Waals surface area contributed by atoms with Crippen molar-refractivity contribution in [2.75, 3.05) is 42.8 Å². The fourth-order valence-corrected chi connectivity index (χ4v) is 3.32. The number of hydrogen-bond acceptors (Lipinski definition) is 8. The van der Waals surface area contributed by atoms with Gasteiger partial charge >= 0.3 is 0 Å². The van der Waals surface area contributed by atoms with Gasteiger partial charge in [0.1, 0.15) is 11.5 Å². The first-order valence-corrected chi connectivity index (χ1v) is 10.1. The second-order valence-electron chi connectivity index (χ2n) is 7.04. The van der Waals surface area contributed by atoms with Gasteiger partial charge in [0.2, 0.25) is 17.8 Å². The van der Waals surface area contributed by atoms with E-state index in [1.807, 2.05) is 48.5 Å². The number of ether oxygens (including phenoxy) is 2. The fourth-order valence-electron chi connectivity index (χ4n) is 3.32. The van der Waals surface area contributed by atoms with Crippen LogP contribution in [0, 0.1) is 0 Å². The summed E-state index contributed by atoms with van der Waals surface area (Å²) in [4.78, 5) is 16.1. The van der Waals surface area contributed by atoms with E-state index < -0.39 is 0 Å². The Bertz CT molecular complexity index is 889. The van der Waals surface area contributed by atoms with Gasteiger partial charge in [0.15, 0.2) is 0 Å². The highest BCUT2D eigenvalue weighted by Crippen LogP contribution is 2.24. The predicted molar refractivity (Wildman–Crippen MR) is 118 cm³/mol. The third kappa shape index (κ3) is 4.89. The lowest BCUT2D eigenvalue weighted by Gasteiger charge is -2.27. The van der Waals surface area contributed by atoms with Crippen molar-refractivity contribution in [3.63, 3.8) is 0 Å². The molecule has 0 radical (unpaired) electrons. The van der Waals surface area contributed by atoms with E-state index in [-0.39, 0.29) is 0 Å². The zero-order valence-corrected chi connectivity index (χ0v) is 17.3. The number of nitrogens with one attached hydrogen (secondary N) is 2. The molecule has 8 heteroatoms. The van der Waals surface area contributed by atoms with E-state index in [9.17, 15) is 0 Å². The number of benzene rings is 2. The first-order chi connectivity index (χ1) is 14.7. The summed E-state index contributed by atoms with van der Waals surface area (Å²) in [5.74, 6) is 3.26. The molecule has 4 rings (SSSR count). The van der Waals surface area contributed by atoms with Crippen LogP contribution in [0.2, 0.25) is 0 Å². The van der Waals surface area contributed by atoms with E-state index in [2.05, 4.69) is 30.5 Å². The standard InChI is InChI=1S/C22H26N6O2/c1-29-18-10-6-16(7-11-18)23-20-25-21(24-17-8-12-19(30-2)13-9-17)27-22(26-20)28-14-4-3-5-15-28/h6-13H,3-5,14-15H2,1-2H3,(H2,23,24,25,26,27). The van der Waals surface area contributed by atoms with Gasteiger partial charge in [0.05, 0.1) is 14.2 Å². The SMILES string of the molecule is COc1ccc(Nc2nc(Nc3ccc(OC)cc3)nc(N3CCCCC3)n2)cc1. The van der Waals surface area contributed by atoms with Gasteiger partial charge in [0.25, 0.3) is 0 Å². The van der Waals surface area contributed by atoms with Crippen LogP contribution in [0.25, 0.3) is 0 Å². The lowest BCUT2D eigenvalue weighted by molar-refractivity contribution is 0.415. The highest BCUT2D eigenvalue weighted by Gasteiger charge is 2.16. The van der Waals surface area contributed by atoms with Gasteiger partial charge in [-0.25, -0.2) is 0 Å². The molecule has 1 aromatic heterocycles. The molecule has 1 aliphatic rings. The molecule has 2 N–H and O–H groups in total. The number of methoxy groups -OCH3 is 2. The minimum absolute atomic E-state index is 0.492. The number of anilines is 5. The minimum Gasteiger partial charge on any atom is -0.497 e. The van der Waals surface area contributed by atoms with E-state index in [0.717, 1.165) is 48.8 Å². The topological polar surface area (TPSA) is 84.4 Å². The molecule has 0 unspecified atom stereocenters. The van der Waals surface area contributed by atoms with Gasteiger partial charge in [-0.05, 0) is 67.8 Å². The molecule has 3 aromatic rings. The maximum Gasteiger partial charge on any atom is 0.233 e. The smallest absolute Gasteiger partial charge is 0.233 e. The molecular weight excluding hydrogens is 380 g/mol. The van der Waals surface area contributed by atoms with Crippen molar-refractivity contribution < 1.29 is 9.47 Å². The molecular formula is C22H26N6O2. The van der Waals surface area contributed by atoms with Crippen molar-refractivity contribution >= 4 is 29.2 Å². The molecule has 8 nitrogen and oxygen atoms in total. The Kier molecular flexibility index (Phi) is 6.12. The van der Waals surface area contributed by atoms with Crippen molar-refractivity contribution in [2.24, 2.45) is 0 Å². The average Bonchev–Trinajstić information content (AvgIpc) is 2.80. The quantitative estimate of drug-likeness (QED) is 0.598. The van der Waals surface area contributed by atoms with Crippen molar-refractivity contribution in [2.45, 2.75) is 19.3 Å². The molecule has 0 atom stereocenters. The van der Waals surface area contributed by atoms with Crippen molar-refractivity contribution in [1.82, 2.24) is 15.0 Å². The molecule has 0 spiro atoms. The summed E-state index contributed by atoms with van der Waals surface area (Å²) in [6.07, 6.45) is 3.54. The number of hydrogen-bond donors (Lipinski definition) is 2. The number of aromatic nitrogens is 3. The summed E-state index contributed by atoms with van der Waals surface area (Å²) in [5.41, 5.74) is 1.75. The normalized spacial score (nSPS) is 13.6. The van der Waals surface area contributed by atoms with E-state index in [0.29, 0.717) is 17.8 Å². The van der Waals surface area contributed by atoms with Crippen molar-refractivity contribution in [3.05, 3.63) is 48.5 Å². The maximum atomic E-state index is 5.23. The predicted octanol–water partition coefficient (Wildman–Crippen LogP) is 4.37. The molecule has 0 bridgehead atoms. The average molecular weight is 406 g/mol. The minimum atomic E-state index is 0.492. The van der Waals surface area contributed by atoms with Gasteiger partial charge < -0.3 is 25.0 Å². The molecule has 2 aromatic carbocycles. The first kappa shape index (κ1) is 19.8. The summed E-state index contributed by atoms with van der Waals surface area (Å²) in [6, 6.07) is 15.3. The van der Waals surface area contributed by atoms with Gasteiger partial charge in [-0.1, -0.05) is 0 Å². The van der Waals surface area contributed by atoms with Crippen molar-refractivity contribution in [1.29, 1.82) is 0 Å². The Morgan fingerprint density at radius 3 is 1.57 bits per heavy atom. The molecule has 156 valence electrons. The molecule has 0 aliphatic carbocycles. The molecule has 0 amide bonds. The lowest BCUT2D eigenvalue weighted by atomic mass is 10.1. The van der Waals surface area contributed by atoms with Crippen LogP contribution in [0.3, 0.4) is 0 Å². The summed E-state index contributed by atoms with van der Waals surface area (Å²) in [6.45, 7) is 1.90. The third-order valence-corrected chi connectivity index (χ3v) is 4.95. The lowest BCUT2D eigenvalue weighted by Crippen LogP contribution is -2.31. The second-order valence-corrected chi connectivity index (χ2v) is 7.04. The molecule has 1 fully saturated rings. The Hall–Kier alpha value is -3.55. The van der Waals surface area contributed by atoms with Crippen LogP contribution in [-0.4, -0.2) is 42.3 Å². The fraction of sp³-hybridized carbons (Fsp3) is 0.318. The van der Waals surface area contributed by atoms with Gasteiger partial charge in [0, 0.05) is 24.5 Å². The largest absolute Gasteiger partial charge is 0.497 e. The van der Waals surface area contributed by atoms with E-state index in [1.54, 1.807) is 14.2 Å². The van der Waals surface area contributed by atoms with Crippen LogP contribution in [0.1, 0.15) is 19.3 Å². The highest BCUT2D eigenvalue weighted by atomic mass is 16.5. The van der Waals surface area contributed by atoms with Gasteiger partial charge in [-0.15, -0.1) is 0 Å². The summed E-state index contributed by atoms with van der Waals surface area (Å²) in [5, 5.41) is 6.55. The van der Waals surface area contributed by atoms with E-state index in [1.165, 1.54) is 6.42 Å². The summed E-state index contributed by atoms with van der Waals surface area (Å²) < 4.78 is 10.5. The Balaban J connectivity index is 1.60. The molecule has 1 aliphatic heterocycles. The van der Waals surface area contributed by atoms with Crippen LogP contribution in [0.5, 0.6) is 11.5 Å². The monoisotopic (exact) mass is 406 g/mol. The zero-order chi connectivity index (χ0) is 20.8. The van der Waals surface area contributed by atoms with Crippen LogP contribution < -0.4 is 25.0 Å². The van der Waals surface area contributed by atoms with Gasteiger partial charge in [-0.3, -0.25) is 0 Å². The molecule has 30 heavy (non-hydrogen) atoms. The Labute approximate surface area is 176 Å². The Morgan fingerprint density at radius 1 is 0.667 bits per heavy atom. The van der Waals surface area contributed by atoms with Crippen molar-refractivity contribution in [3.8, 4) is 11.5 Å².